The van der Waals surface area contributed by atoms with Crippen molar-refractivity contribution in [3.8, 4) is 12.0 Å². The Bertz CT molecular complexity index is 384. The molecule has 0 radical (unpaired) electrons. The maximum atomic E-state index is 5.43. The highest BCUT2D eigenvalue weighted by molar-refractivity contribution is 9.09. The topological polar surface area (TPSA) is 69.6 Å². The van der Waals surface area contributed by atoms with E-state index in [9.17, 15) is 0 Å². The van der Waals surface area contributed by atoms with Crippen LogP contribution in [-0.2, 0) is 4.74 Å². The van der Waals surface area contributed by atoms with Gasteiger partial charge >= 0.3 is 12.0 Å². The second kappa shape index (κ2) is 6.14. The SMILES string of the molecule is COc1nc(OC)nc(N2CCOCC2CBr)n1. The molecule has 0 aliphatic carbocycles. The number of methoxy groups -OCH3 is 2. The second-order valence-corrected chi connectivity index (χ2v) is 4.33. The highest BCUT2D eigenvalue weighted by atomic mass is 79.9. The Hall–Kier alpha value is -1.15. The van der Waals surface area contributed by atoms with Crippen LogP contribution in [0.25, 0.3) is 0 Å². The lowest BCUT2D eigenvalue weighted by Crippen LogP contribution is -2.47. The Labute approximate surface area is 114 Å². The van der Waals surface area contributed by atoms with E-state index in [0.717, 1.165) is 11.9 Å². The molecule has 1 aromatic rings. The van der Waals surface area contributed by atoms with Crippen molar-refractivity contribution in [3.05, 3.63) is 0 Å². The zero-order valence-corrected chi connectivity index (χ0v) is 11.9. The average Bonchev–Trinajstić information content (AvgIpc) is 2.46. The highest BCUT2D eigenvalue weighted by Crippen LogP contribution is 2.20. The van der Waals surface area contributed by atoms with Crippen molar-refractivity contribution in [2.45, 2.75) is 6.04 Å². The summed E-state index contributed by atoms with van der Waals surface area (Å²) in [5.74, 6) is 0.548. The number of nitrogens with zero attached hydrogens (tertiary/aromatic N) is 4. The van der Waals surface area contributed by atoms with Gasteiger partial charge in [0.05, 0.1) is 33.5 Å². The van der Waals surface area contributed by atoms with Gasteiger partial charge in [-0.15, -0.1) is 4.98 Å². The number of aromatic nitrogens is 3. The summed E-state index contributed by atoms with van der Waals surface area (Å²) in [7, 11) is 3.03. The van der Waals surface area contributed by atoms with E-state index in [2.05, 4.69) is 35.8 Å². The third-order valence-corrected chi connectivity index (χ3v) is 3.36. The van der Waals surface area contributed by atoms with E-state index in [1.807, 2.05) is 0 Å². The summed E-state index contributed by atoms with van der Waals surface area (Å²) in [6, 6.07) is 0.684. The molecule has 1 unspecified atom stereocenters. The maximum Gasteiger partial charge on any atom is 0.324 e. The Morgan fingerprint density at radius 1 is 1.28 bits per heavy atom. The second-order valence-electron chi connectivity index (χ2n) is 3.69. The van der Waals surface area contributed by atoms with Gasteiger partial charge in [0.15, 0.2) is 0 Å². The molecule has 0 aromatic carbocycles. The summed E-state index contributed by atoms with van der Waals surface area (Å²) in [6.45, 7) is 2.02. The number of alkyl halides is 1. The van der Waals surface area contributed by atoms with Crippen molar-refractivity contribution < 1.29 is 14.2 Å². The molecule has 18 heavy (non-hydrogen) atoms. The summed E-state index contributed by atoms with van der Waals surface area (Å²) < 4.78 is 15.5. The van der Waals surface area contributed by atoms with E-state index in [4.69, 9.17) is 14.2 Å². The lowest BCUT2D eigenvalue weighted by atomic mass is 10.3. The maximum absolute atomic E-state index is 5.43. The fourth-order valence-electron chi connectivity index (χ4n) is 1.68. The molecule has 100 valence electrons. The molecule has 0 bridgehead atoms. The molecule has 8 heteroatoms. The lowest BCUT2D eigenvalue weighted by molar-refractivity contribution is 0.0993. The predicted octanol–water partition coefficient (Wildman–Crippen LogP) is 0.489. The number of hydrogen-bond donors (Lipinski definition) is 0. The zero-order valence-electron chi connectivity index (χ0n) is 10.3. The lowest BCUT2D eigenvalue weighted by Gasteiger charge is -2.34. The van der Waals surface area contributed by atoms with E-state index in [0.29, 0.717) is 19.2 Å². The predicted molar refractivity (Wildman–Crippen MR) is 68.7 cm³/mol. The fourth-order valence-corrected chi connectivity index (χ4v) is 2.22. The fraction of sp³-hybridized carbons (Fsp3) is 0.700. The first kappa shape index (κ1) is 13.3. The van der Waals surface area contributed by atoms with E-state index in [-0.39, 0.29) is 18.1 Å². The van der Waals surface area contributed by atoms with Gasteiger partial charge in [0.25, 0.3) is 0 Å². The minimum Gasteiger partial charge on any atom is -0.467 e. The Kier molecular flexibility index (Phi) is 4.54. The number of rotatable bonds is 4. The molecule has 0 amide bonds. The molecule has 0 saturated carbocycles. The van der Waals surface area contributed by atoms with Crippen LogP contribution < -0.4 is 14.4 Å². The van der Waals surface area contributed by atoms with Gasteiger partial charge < -0.3 is 19.1 Å². The summed E-state index contributed by atoms with van der Waals surface area (Å²) in [4.78, 5) is 14.5. The number of ether oxygens (including phenoxy) is 3. The molecule has 0 N–H and O–H groups in total. The van der Waals surface area contributed by atoms with E-state index < -0.39 is 0 Å². The van der Waals surface area contributed by atoms with E-state index >= 15 is 0 Å². The van der Waals surface area contributed by atoms with Crippen LogP contribution in [0.4, 0.5) is 5.95 Å². The smallest absolute Gasteiger partial charge is 0.324 e. The van der Waals surface area contributed by atoms with Crippen LogP contribution in [0.1, 0.15) is 0 Å². The first-order valence-electron chi connectivity index (χ1n) is 5.53. The van der Waals surface area contributed by atoms with Gasteiger partial charge in [-0.05, 0) is 0 Å². The molecule has 1 atom stereocenters. The van der Waals surface area contributed by atoms with Crippen LogP contribution in [0.15, 0.2) is 0 Å². The van der Waals surface area contributed by atoms with Gasteiger partial charge in [-0.2, -0.15) is 9.97 Å². The third-order valence-electron chi connectivity index (χ3n) is 2.61. The van der Waals surface area contributed by atoms with Gasteiger partial charge in [-0.3, -0.25) is 0 Å². The summed E-state index contributed by atoms with van der Waals surface area (Å²) >= 11 is 3.46. The molecular formula is C10H15BrN4O3. The number of hydrogen-bond acceptors (Lipinski definition) is 7. The molecule has 7 nitrogen and oxygen atoms in total. The third kappa shape index (κ3) is 2.81. The largest absolute Gasteiger partial charge is 0.467 e. The van der Waals surface area contributed by atoms with Crippen molar-refractivity contribution in [3.63, 3.8) is 0 Å². The molecule has 2 rings (SSSR count). The first-order valence-corrected chi connectivity index (χ1v) is 6.65. The van der Waals surface area contributed by atoms with Crippen molar-refractivity contribution in [2.75, 3.05) is 44.2 Å². The number of halogens is 1. The zero-order chi connectivity index (χ0) is 13.0. The standard InChI is InChI=1S/C10H15BrN4O3/c1-16-9-12-8(13-10(14-9)17-2)15-3-4-18-6-7(15)5-11/h7H,3-6H2,1-2H3. The number of morpholine rings is 1. The quantitative estimate of drug-likeness (QED) is 0.748. The molecular weight excluding hydrogens is 304 g/mol. The minimum absolute atomic E-state index is 0.190. The van der Waals surface area contributed by atoms with Crippen LogP contribution in [0, 0.1) is 0 Å². The van der Waals surface area contributed by atoms with E-state index in [1.165, 1.54) is 14.2 Å². The molecule has 1 fully saturated rings. The van der Waals surface area contributed by atoms with Gasteiger partial charge in [0.2, 0.25) is 5.95 Å². The highest BCUT2D eigenvalue weighted by Gasteiger charge is 2.25. The Morgan fingerprint density at radius 3 is 2.50 bits per heavy atom. The summed E-state index contributed by atoms with van der Waals surface area (Å²) in [6.07, 6.45) is 0. The Balaban J connectivity index is 2.29. The van der Waals surface area contributed by atoms with Gasteiger partial charge in [0.1, 0.15) is 0 Å². The van der Waals surface area contributed by atoms with Gasteiger partial charge in [0, 0.05) is 11.9 Å². The Morgan fingerprint density at radius 2 is 1.94 bits per heavy atom. The van der Waals surface area contributed by atoms with Crippen LogP contribution in [0.2, 0.25) is 0 Å². The average molecular weight is 319 g/mol. The summed E-state index contributed by atoms with van der Waals surface area (Å²) in [5.41, 5.74) is 0. The van der Waals surface area contributed by atoms with Crippen molar-refractivity contribution in [2.24, 2.45) is 0 Å². The van der Waals surface area contributed by atoms with Crippen molar-refractivity contribution >= 4 is 21.9 Å². The molecule has 2 heterocycles. The molecule has 1 aliphatic heterocycles. The van der Waals surface area contributed by atoms with Crippen molar-refractivity contribution in [1.29, 1.82) is 0 Å². The van der Waals surface area contributed by atoms with Crippen LogP contribution in [0.3, 0.4) is 0 Å². The first-order chi connectivity index (χ1) is 8.78. The van der Waals surface area contributed by atoms with Crippen LogP contribution >= 0.6 is 15.9 Å². The van der Waals surface area contributed by atoms with Gasteiger partial charge in [-0.1, -0.05) is 15.9 Å². The molecule has 0 spiro atoms. The van der Waals surface area contributed by atoms with E-state index in [1.54, 1.807) is 0 Å². The minimum atomic E-state index is 0.190. The molecule has 1 aliphatic rings. The molecule has 1 aromatic heterocycles. The van der Waals surface area contributed by atoms with Crippen LogP contribution in [0.5, 0.6) is 12.0 Å². The number of anilines is 1. The van der Waals surface area contributed by atoms with Gasteiger partial charge in [-0.25, -0.2) is 0 Å². The summed E-state index contributed by atoms with van der Waals surface area (Å²) in [5, 5.41) is 0.781. The van der Waals surface area contributed by atoms with Crippen molar-refractivity contribution in [1.82, 2.24) is 15.0 Å². The molecule has 1 saturated heterocycles. The van der Waals surface area contributed by atoms with Crippen LogP contribution in [-0.4, -0.2) is 60.3 Å². The monoisotopic (exact) mass is 318 g/mol. The normalized spacial score (nSPS) is 19.7.